The second-order valence-corrected chi connectivity index (χ2v) is 9.66. The molecule has 0 radical (unpaired) electrons. The zero-order valence-corrected chi connectivity index (χ0v) is 18.3. The number of thioether (sulfide) groups is 1. The Labute approximate surface area is 182 Å². The van der Waals surface area contributed by atoms with E-state index in [1.54, 1.807) is 6.08 Å². The molecule has 2 aromatic rings. The second-order valence-electron chi connectivity index (χ2n) is 6.27. The number of amides is 1. The summed E-state index contributed by atoms with van der Waals surface area (Å²) in [5.41, 5.74) is 1.90. The number of carbonyl (C=O) groups excluding carboxylic acids is 1. The maximum Gasteiger partial charge on any atom is 0.326 e. The molecule has 4 nitrogen and oxygen atoms in total. The number of thiophene rings is 1. The van der Waals surface area contributed by atoms with Gasteiger partial charge in [0.2, 0.25) is 0 Å². The first-order valence-electron chi connectivity index (χ1n) is 8.76. The van der Waals surface area contributed by atoms with Crippen LogP contribution in [0, 0.1) is 0 Å². The minimum atomic E-state index is -1.02. The van der Waals surface area contributed by atoms with Crippen molar-refractivity contribution in [3.05, 3.63) is 51.2 Å². The van der Waals surface area contributed by atoms with Gasteiger partial charge < -0.3 is 5.11 Å². The first-order chi connectivity index (χ1) is 13.4. The average molecular weight is 452 g/mol. The number of rotatable bonds is 7. The van der Waals surface area contributed by atoms with E-state index < -0.39 is 12.0 Å². The molecule has 1 saturated heterocycles. The summed E-state index contributed by atoms with van der Waals surface area (Å²) in [7, 11) is 0. The number of carboxylic acid groups (broad SMARTS) is 1. The van der Waals surface area contributed by atoms with Crippen molar-refractivity contribution in [2.75, 3.05) is 0 Å². The topological polar surface area (TPSA) is 57.6 Å². The third kappa shape index (κ3) is 4.66. The van der Waals surface area contributed by atoms with Crippen LogP contribution in [0.1, 0.15) is 31.7 Å². The highest BCUT2D eigenvalue weighted by molar-refractivity contribution is 8.26. The molecule has 0 unspecified atom stereocenters. The molecular formula is C20H18ClNO3S3. The maximum absolute atomic E-state index is 12.8. The van der Waals surface area contributed by atoms with Gasteiger partial charge in [0.05, 0.1) is 9.24 Å². The van der Waals surface area contributed by atoms with Crippen molar-refractivity contribution in [1.29, 1.82) is 0 Å². The van der Waals surface area contributed by atoms with E-state index in [4.69, 9.17) is 23.8 Å². The number of unbranched alkanes of at least 4 members (excludes halogenated alkanes) is 1. The molecule has 8 heteroatoms. The summed E-state index contributed by atoms with van der Waals surface area (Å²) in [6, 6.07) is 10.7. The number of nitrogens with zero attached hydrogens (tertiary/aromatic N) is 1. The largest absolute Gasteiger partial charge is 0.480 e. The number of carbonyl (C=O) groups is 2. The molecule has 1 fully saturated rings. The van der Waals surface area contributed by atoms with Crippen LogP contribution in [0.3, 0.4) is 0 Å². The van der Waals surface area contributed by atoms with E-state index >= 15 is 0 Å². The van der Waals surface area contributed by atoms with E-state index in [-0.39, 0.29) is 5.91 Å². The lowest BCUT2D eigenvalue weighted by Gasteiger charge is -2.22. The minimum absolute atomic E-state index is 0.296. The standard InChI is InChI=1S/C20H18ClNO3S3/c1-2-3-4-14(19(24)25)22-18(23)16(28-20(22)26)11-12-5-7-13(8-6-12)15-9-10-17(21)27-15/h5-11,14H,2-4H2,1H3,(H,24,25)/b16-11-/t14-/m0/s1. The van der Waals surface area contributed by atoms with Crippen LogP contribution < -0.4 is 0 Å². The van der Waals surface area contributed by atoms with Gasteiger partial charge in [-0.3, -0.25) is 9.69 Å². The van der Waals surface area contributed by atoms with Crippen LogP contribution in [0.2, 0.25) is 4.34 Å². The quantitative estimate of drug-likeness (QED) is 0.418. The summed E-state index contributed by atoms with van der Waals surface area (Å²) in [5.74, 6) is -1.36. The van der Waals surface area contributed by atoms with Crippen LogP contribution in [-0.4, -0.2) is 32.2 Å². The molecule has 0 aliphatic carbocycles. The molecule has 1 N–H and O–H groups in total. The summed E-state index contributed by atoms with van der Waals surface area (Å²) in [6.45, 7) is 1.98. The lowest BCUT2D eigenvalue weighted by Crippen LogP contribution is -2.43. The van der Waals surface area contributed by atoms with E-state index in [0.717, 1.165) is 44.9 Å². The first kappa shape index (κ1) is 21.0. The van der Waals surface area contributed by atoms with Crippen molar-refractivity contribution in [2.24, 2.45) is 0 Å². The van der Waals surface area contributed by atoms with Crippen molar-refractivity contribution in [3.8, 4) is 10.4 Å². The number of aliphatic carboxylic acids is 1. The third-order valence-electron chi connectivity index (χ3n) is 4.32. The second kappa shape index (κ2) is 9.22. The molecule has 28 heavy (non-hydrogen) atoms. The zero-order valence-electron chi connectivity index (χ0n) is 15.1. The van der Waals surface area contributed by atoms with Crippen molar-refractivity contribution >= 4 is 69.2 Å². The summed E-state index contributed by atoms with van der Waals surface area (Å²) in [5, 5.41) is 9.52. The smallest absolute Gasteiger partial charge is 0.326 e. The van der Waals surface area contributed by atoms with Gasteiger partial charge in [0, 0.05) is 4.88 Å². The number of hydrogen-bond donors (Lipinski definition) is 1. The van der Waals surface area contributed by atoms with E-state index in [1.165, 1.54) is 16.2 Å². The van der Waals surface area contributed by atoms with Crippen LogP contribution in [0.5, 0.6) is 0 Å². The van der Waals surface area contributed by atoms with Crippen LogP contribution in [0.25, 0.3) is 16.5 Å². The van der Waals surface area contributed by atoms with E-state index in [9.17, 15) is 14.7 Å². The first-order valence-corrected chi connectivity index (χ1v) is 11.2. The summed E-state index contributed by atoms with van der Waals surface area (Å²) in [6.07, 6.45) is 3.73. The lowest BCUT2D eigenvalue weighted by atomic mass is 10.1. The number of hydrogen-bond acceptors (Lipinski definition) is 5. The van der Waals surface area contributed by atoms with Gasteiger partial charge in [0.25, 0.3) is 5.91 Å². The fourth-order valence-electron chi connectivity index (χ4n) is 2.87. The molecule has 0 bridgehead atoms. The Hall–Kier alpha value is -1.67. The van der Waals surface area contributed by atoms with Gasteiger partial charge in [-0.2, -0.15) is 0 Å². The van der Waals surface area contributed by atoms with Crippen LogP contribution in [0.4, 0.5) is 0 Å². The monoisotopic (exact) mass is 451 g/mol. The molecule has 1 atom stereocenters. The lowest BCUT2D eigenvalue weighted by molar-refractivity contribution is -0.145. The van der Waals surface area contributed by atoms with E-state index in [0.29, 0.717) is 15.6 Å². The van der Waals surface area contributed by atoms with Gasteiger partial charge in [0.1, 0.15) is 10.4 Å². The van der Waals surface area contributed by atoms with Crippen LogP contribution in [-0.2, 0) is 9.59 Å². The minimum Gasteiger partial charge on any atom is -0.480 e. The summed E-state index contributed by atoms with van der Waals surface area (Å²) >= 11 is 13.9. The molecule has 0 spiro atoms. The third-order valence-corrected chi connectivity index (χ3v) is 6.93. The van der Waals surface area contributed by atoms with Crippen molar-refractivity contribution < 1.29 is 14.7 Å². The van der Waals surface area contributed by atoms with Gasteiger partial charge in [-0.05, 0) is 35.8 Å². The Bertz CT molecular complexity index is 936. The zero-order chi connectivity index (χ0) is 20.3. The predicted molar refractivity (Wildman–Crippen MR) is 121 cm³/mol. The van der Waals surface area contributed by atoms with Crippen molar-refractivity contribution in [1.82, 2.24) is 4.90 Å². The molecule has 1 amide bonds. The molecule has 0 saturated carbocycles. The van der Waals surface area contributed by atoms with Crippen molar-refractivity contribution in [3.63, 3.8) is 0 Å². The Morgan fingerprint density at radius 2 is 2.00 bits per heavy atom. The van der Waals surface area contributed by atoms with E-state index in [2.05, 4.69) is 0 Å². The van der Waals surface area contributed by atoms with Crippen LogP contribution in [0.15, 0.2) is 41.3 Å². The molecule has 1 aliphatic rings. The normalized spacial score (nSPS) is 16.8. The molecule has 146 valence electrons. The highest BCUT2D eigenvalue weighted by Crippen LogP contribution is 2.36. The highest BCUT2D eigenvalue weighted by Gasteiger charge is 2.40. The van der Waals surface area contributed by atoms with Gasteiger partial charge in [0.15, 0.2) is 0 Å². The molecule has 1 aromatic carbocycles. The fourth-order valence-corrected chi connectivity index (χ4v) is 5.28. The molecule has 1 aromatic heterocycles. The number of halogens is 1. The van der Waals surface area contributed by atoms with Gasteiger partial charge in [-0.1, -0.05) is 79.6 Å². The van der Waals surface area contributed by atoms with Crippen LogP contribution >= 0.6 is 46.9 Å². The Morgan fingerprint density at radius 1 is 1.29 bits per heavy atom. The Kier molecular flexibility index (Phi) is 6.93. The Balaban J connectivity index is 1.80. The average Bonchev–Trinajstić information content (AvgIpc) is 3.21. The Morgan fingerprint density at radius 3 is 2.57 bits per heavy atom. The van der Waals surface area contributed by atoms with E-state index in [1.807, 2.05) is 43.3 Å². The predicted octanol–water partition coefficient (Wildman–Crippen LogP) is 5.91. The summed E-state index contributed by atoms with van der Waals surface area (Å²) in [4.78, 5) is 27.2. The highest BCUT2D eigenvalue weighted by atomic mass is 35.5. The fraction of sp³-hybridized carbons (Fsp3) is 0.250. The number of benzene rings is 1. The van der Waals surface area contributed by atoms with Gasteiger partial charge in [-0.15, -0.1) is 11.3 Å². The molecule has 3 rings (SSSR count). The van der Waals surface area contributed by atoms with Gasteiger partial charge in [-0.25, -0.2) is 4.79 Å². The molecule has 1 aliphatic heterocycles. The SMILES string of the molecule is CCCC[C@@H](C(=O)O)N1C(=O)/C(=C/c2ccc(-c3ccc(Cl)s3)cc2)SC1=S. The number of carboxylic acids is 1. The number of thiocarbonyl (C=S) groups is 1. The maximum atomic E-state index is 12.8. The molecular weight excluding hydrogens is 434 g/mol. The van der Waals surface area contributed by atoms with Crippen molar-refractivity contribution in [2.45, 2.75) is 32.2 Å². The summed E-state index contributed by atoms with van der Waals surface area (Å²) < 4.78 is 1.03. The molecule has 2 heterocycles. The van der Waals surface area contributed by atoms with Gasteiger partial charge >= 0.3 is 5.97 Å².